The van der Waals surface area contributed by atoms with Crippen molar-refractivity contribution < 1.29 is 4.79 Å². The van der Waals surface area contributed by atoms with Crippen LogP contribution in [0.5, 0.6) is 0 Å². The molecule has 1 heterocycles. The Labute approximate surface area is 129 Å². The summed E-state index contributed by atoms with van der Waals surface area (Å²) in [6.07, 6.45) is 0. The number of benzene rings is 2. The molecule has 0 saturated heterocycles. The summed E-state index contributed by atoms with van der Waals surface area (Å²) in [6, 6.07) is 14.0. The number of hydrogen-bond donors (Lipinski definition) is 1. The van der Waals surface area contributed by atoms with Crippen LogP contribution in [0.3, 0.4) is 0 Å². The fourth-order valence-electron chi connectivity index (χ4n) is 2.66. The summed E-state index contributed by atoms with van der Waals surface area (Å²) in [4.78, 5) is 14.4. The third-order valence-electron chi connectivity index (χ3n) is 3.93. The van der Waals surface area contributed by atoms with Gasteiger partial charge in [-0.15, -0.1) is 0 Å². The van der Waals surface area contributed by atoms with E-state index in [0.717, 1.165) is 16.5 Å². The molecule has 3 aromatic rings. The van der Waals surface area contributed by atoms with E-state index in [2.05, 4.69) is 42.2 Å². The molecule has 0 saturated carbocycles. The van der Waals surface area contributed by atoms with E-state index in [1.54, 1.807) is 4.90 Å². The van der Waals surface area contributed by atoms with Gasteiger partial charge in [0.1, 0.15) is 0 Å². The molecule has 0 bridgehead atoms. The molecule has 0 atom stereocenters. The van der Waals surface area contributed by atoms with E-state index in [9.17, 15) is 4.79 Å². The molecule has 112 valence electrons. The molecular formula is C18H19N3O. The predicted molar refractivity (Wildman–Crippen MR) is 87.8 cm³/mol. The predicted octanol–water partition coefficient (Wildman–Crippen LogP) is 3.45. The summed E-state index contributed by atoms with van der Waals surface area (Å²) in [5.74, 6) is -0.0718. The van der Waals surface area contributed by atoms with Gasteiger partial charge in [-0.25, -0.2) is 0 Å². The van der Waals surface area contributed by atoms with Crippen molar-refractivity contribution in [2.24, 2.45) is 0 Å². The molecule has 0 spiro atoms. The number of hydrogen-bond acceptors (Lipinski definition) is 2. The first kappa shape index (κ1) is 14.3. The highest BCUT2D eigenvalue weighted by molar-refractivity contribution is 6.04. The fraction of sp³-hybridized carbons (Fsp3) is 0.222. The molecule has 0 unspecified atom stereocenters. The second-order valence-electron chi connectivity index (χ2n) is 5.71. The van der Waals surface area contributed by atoms with Crippen molar-refractivity contribution in [3.8, 4) is 0 Å². The zero-order chi connectivity index (χ0) is 15.7. The number of nitrogens with zero attached hydrogens (tertiary/aromatic N) is 2. The van der Waals surface area contributed by atoms with Gasteiger partial charge in [-0.2, -0.15) is 5.10 Å². The summed E-state index contributed by atoms with van der Waals surface area (Å²) in [6.45, 7) is 4.72. The second-order valence-corrected chi connectivity index (χ2v) is 5.71. The number of aromatic amines is 1. The van der Waals surface area contributed by atoms with Crippen LogP contribution < -0.4 is 0 Å². The van der Waals surface area contributed by atoms with Crippen LogP contribution in [-0.2, 0) is 6.54 Å². The largest absolute Gasteiger partial charge is 0.336 e. The summed E-state index contributed by atoms with van der Waals surface area (Å²) < 4.78 is 0. The zero-order valence-electron chi connectivity index (χ0n) is 13.1. The highest BCUT2D eigenvalue weighted by Gasteiger charge is 2.18. The lowest BCUT2D eigenvalue weighted by Crippen LogP contribution is -2.27. The summed E-state index contributed by atoms with van der Waals surface area (Å²) in [7, 11) is 1.81. The van der Waals surface area contributed by atoms with E-state index in [4.69, 9.17) is 0 Å². The highest BCUT2D eigenvalue weighted by atomic mass is 16.2. The molecule has 4 nitrogen and oxygen atoms in total. The number of carbonyl (C=O) groups excluding carboxylic acids is 1. The molecule has 3 rings (SSSR count). The van der Waals surface area contributed by atoms with E-state index in [0.29, 0.717) is 12.2 Å². The van der Waals surface area contributed by atoms with Crippen LogP contribution in [0.25, 0.3) is 10.9 Å². The van der Waals surface area contributed by atoms with Crippen molar-refractivity contribution in [3.05, 3.63) is 64.8 Å². The Hall–Kier alpha value is -2.62. The molecule has 22 heavy (non-hydrogen) atoms. The van der Waals surface area contributed by atoms with E-state index in [1.807, 2.05) is 31.3 Å². The molecule has 4 heteroatoms. The summed E-state index contributed by atoms with van der Waals surface area (Å²) in [5, 5.41) is 7.95. The Morgan fingerprint density at radius 3 is 2.73 bits per heavy atom. The van der Waals surface area contributed by atoms with E-state index >= 15 is 0 Å². The Morgan fingerprint density at radius 1 is 1.18 bits per heavy atom. The maximum absolute atomic E-state index is 12.6. The summed E-state index contributed by atoms with van der Waals surface area (Å²) in [5.41, 5.74) is 4.94. The van der Waals surface area contributed by atoms with Crippen molar-refractivity contribution in [1.29, 1.82) is 0 Å². The third-order valence-corrected chi connectivity index (χ3v) is 3.93. The maximum atomic E-state index is 12.6. The van der Waals surface area contributed by atoms with Crippen LogP contribution in [0, 0.1) is 13.8 Å². The minimum Gasteiger partial charge on any atom is -0.336 e. The van der Waals surface area contributed by atoms with Gasteiger partial charge in [0.15, 0.2) is 5.69 Å². The Bertz CT molecular complexity index is 835. The fourth-order valence-corrected chi connectivity index (χ4v) is 2.66. The maximum Gasteiger partial charge on any atom is 0.275 e. The zero-order valence-corrected chi connectivity index (χ0v) is 13.1. The van der Waals surface area contributed by atoms with Gasteiger partial charge >= 0.3 is 0 Å². The van der Waals surface area contributed by atoms with E-state index in [-0.39, 0.29) is 5.91 Å². The van der Waals surface area contributed by atoms with Gasteiger partial charge < -0.3 is 4.90 Å². The van der Waals surface area contributed by atoms with Crippen molar-refractivity contribution in [1.82, 2.24) is 15.1 Å². The number of nitrogens with one attached hydrogen (secondary N) is 1. The highest BCUT2D eigenvalue weighted by Crippen LogP contribution is 2.18. The van der Waals surface area contributed by atoms with Gasteiger partial charge in [-0.3, -0.25) is 9.89 Å². The molecule has 0 radical (unpaired) electrons. The molecule has 1 N–H and O–H groups in total. The van der Waals surface area contributed by atoms with Gasteiger partial charge in [-0.05, 0) is 31.0 Å². The second kappa shape index (κ2) is 5.64. The standard InChI is InChI=1S/C18H19N3O/c1-12-8-9-14(13(2)10-12)11-21(3)18(22)17-15-6-4-5-7-16(15)19-20-17/h4-10H,11H2,1-3H3,(H,19,20). The minimum absolute atomic E-state index is 0.0718. The first-order valence-electron chi connectivity index (χ1n) is 7.31. The van der Waals surface area contributed by atoms with Crippen LogP contribution >= 0.6 is 0 Å². The lowest BCUT2D eigenvalue weighted by atomic mass is 10.1. The number of aromatic nitrogens is 2. The van der Waals surface area contributed by atoms with Gasteiger partial charge in [0.05, 0.1) is 5.52 Å². The smallest absolute Gasteiger partial charge is 0.275 e. The molecule has 2 aromatic carbocycles. The quantitative estimate of drug-likeness (QED) is 0.804. The lowest BCUT2D eigenvalue weighted by molar-refractivity contribution is 0.0781. The van der Waals surface area contributed by atoms with Gasteiger partial charge in [0.25, 0.3) is 5.91 Å². The molecule has 0 aliphatic heterocycles. The van der Waals surface area contributed by atoms with E-state index < -0.39 is 0 Å². The van der Waals surface area contributed by atoms with Gasteiger partial charge in [0, 0.05) is 19.0 Å². The number of carbonyl (C=O) groups is 1. The molecule has 1 amide bonds. The average molecular weight is 293 g/mol. The normalized spacial score (nSPS) is 10.9. The van der Waals surface area contributed by atoms with Crippen LogP contribution in [0.15, 0.2) is 42.5 Å². The van der Waals surface area contributed by atoms with Crippen molar-refractivity contribution in [2.45, 2.75) is 20.4 Å². The minimum atomic E-state index is -0.0718. The first-order chi connectivity index (χ1) is 10.6. The Kier molecular flexibility index (Phi) is 3.67. The van der Waals surface area contributed by atoms with Crippen molar-refractivity contribution >= 4 is 16.8 Å². The van der Waals surface area contributed by atoms with Crippen molar-refractivity contribution in [2.75, 3.05) is 7.05 Å². The van der Waals surface area contributed by atoms with Crippen molar-refractivity contribution in [3.63, 3.8) is 0 Å². The van der Waals surface area contributed by atoms with Crippen LogP contribution in [-0.4, -0.2) is 28.1 Å². The Morgan fingerprint density at radius 2 is 1.95 bits per heavy atom. The number of fused-ring (bicyclic) bond motifs is 1. The van der Waals surface area contributed by atoms with Crippen LogP contribution in [0.1, 0.15) is 27.2 Å². The van der Waals surface area contributed by atoms with Crippen LogP contribution in [0.2, 0.25) is 0 Å². The number of para-hydroxylation sites is 1. The first-order valence-corrected chi connectivity index (χ1v) is 7.31. The molecule has 1 aromatic heterocycles. The van der Waals surface area contributed by atoms with Crippen LogP contribution in [0.4, 0.5) is 0 Å². The molecule has 0 fully saturated rings. The molecule has 0 aliphatic carbocycles. The summed E-state index contributed by atoms with van der Waals surface area (Å²) >= 11 is 0. The third kappa shape index (κ3) is 2.60. The lowest BCUT2D eigenvalue weighted by Gasteiger charge is -2.18. The average Bonchev–Trinajstić information content (AvgIpc) is 2.93. The monoisotopic (exact) mass is 293 g/mol. The molecular weight excluding hydrogens is 274 g/mol. The number of H-pyrrole nitrogens is 1. The Balaban J connectivity index is 1.85. The van der Waals surface area contributed by atoms with Gasteiger partial charge in [0.2, 0.25) is 0 Å². The molecule has 0 aliphatic rings. The number of aryl methyl sites for hydroxylation is 2. The topological polar surface area (TPSA) is 49.0 Å². The number of rotatable bonds is 3. The SMILES string of the molecule is Cc1ccc(CN(C)C(=O)c2n[nH]c3ccccc23)c(C)c1. The van der Waals surface area contributed by atoms with Gasteiger partial charge in [-0.1, -0.05) is 42.0 Å². The van der Waals surface area contributed by atoms with E-state index in [1.165, 1.54) is 11.1 Å². The number of amides is 1.